The number of urea groups is 1. The van der Waals surface area contributed by atoms with E-state index in [2.05, 4.69) is 21.2 Å². The van der Waals surface area contributed by atoms with Crippen LogP contribution in [0.2, 0.25) is 0 Å². The zero-order valence-corrected chi connectivity index (χ0v) is 14.3. The Hall–Kier alpha value is -1.56. The van der Waals surface area contributed by atoms with Crippen LogP contribution in [0.25, 0.3) is 0 Å². The molecule has 0 aliphatic carbocycles. The van der Waals surface area contributed by atoms with Crippen molar-refractivity contribution in [2.75, 3.05) is 18.9 Å². The average Bonchev–Trinajstić information content (AvgIpc) is 2.40. The van der Waals surface area contributed by atoms with Gasteiger partial charge in [0.05, 0.1) is 5.92 Å². The smallest absolute Gasteiger partial charge is 0.321 e. The second-order valence-corrected chi connectivity index (χ2v) is 6.35. The van der Waals surface area contributed by atoms with Crippen molar-refractivity contribution in [2.24, 2.45) is 5.92 Å². The number of amides is 2. The van der Waals surface area contributed by atoms with Crippen molar-refractivity contribution < 1.29 is 14.7 Å². The number of hydrogen-bond acceptors (Lipinski definition) is 2. The lowest BCUT2D eigenvalue weighted by molar-refractivity contribution is -0.141. The summed E-state index contributed by atoms with van der Waals surface area (Å²) in [4.78, 5) is 24.4. The number of carboxylic acid groups (broad SMARTS) is 1. The molecule has 1 atom stereocenters. The van der Waals surface area contributed by atoms with Gasteiger partial charge in [-0.05, 0) is 29.7 Å². The molecule has 5 nitrogen and oxygen atoms in total. The zero-order valence-electron chi connectivity index (χ0n) is 12.7. The molecule has 0 aliphatic heterocycles. The number of nitrogens with one attached hydrogen (secondary N) is 1. The standard InChI is InChI=1S/C15H21BrN2O3/c1-9(2)12-7-11(16)5-6-13(12)17-15(21)18(4)8-10(3)14(19)20/h5-7,9-10H,8H2,1-4H3,(H,17,21)(H,19,20). The number of aliphatic carboxylic acids is 1. The summed E-state index contributed by atoms with van der Waals surface area (Å²) in [5.74, 6) is -1.25. The van der Waals surface area contributed by atoms with Gasteiger partial charge in [0.1, 0.15) is 0 Å². The van der Waals surface area contributed by atoms with Crippen molar-refractivity contribution in [2.45, 2.75) is 26.7 Å². The van der Waals surface area contributed by atoms with Crippen LogP contribution in [0.4, 0.5) is 10.5 Å². The first-order valence-corrected chi connectivity index (χ1v) is 7.56. The number of carbonyl (C=O) groups is 2. The third-order valence-corrected chi connectivity index (χ3v) is 3.69. The highest BCUT2D eigenvalue weighted by atomic mass is 79.9. The van der Waals surface area contributed by atoms with Gasteiger partial charge < -0.3 is 15.3 Å². The van der Waals surface area contributed by atoms with Gasteiger partial charge in [-0.25, -0.2) is 4.79 Å². The highest BCUT2D eigenvalue weighted by Gasteiger charge is 2.18. The van der Waals surface area contributed by atoms with Crippen LogP contribution >= 0.6 is 15.9 Å². The minimum absolute atomic E-state index is 0.161. The van der Waals surface area contributed by atoms with Gasteiger partial charge in [0.2, 0.25) is 0 Å². The van der Waals surface area contributed by atoms with E-state index < -0.39 is 11.9 Å². The topological polar surface area (TPSA) is 69.6 Å². The Morgan fingerprint density at radius 1 is 1.33 bits per heavy atom. The van der Waals surface area contributed by atoms with E-state index in [0.29, 0.717) is 0 Å². The second-order valence-electron chi connectivity index (χ2n) is 5.44. The third kappa shape index (κ3) is 5.04. The Kier molecular flexibility index (Phi) is 6.20. The van der Waals surface area contributed by atoms with Gasteiger partial charge in [-0.1, -0.05) is 36.7 Å². The lowest BCUT2D eigenvalue weighted by atomic mass is 10.0. The Balaban J connectivity index is 2.81. The summed E-state index contributed by atoms with van der Waals surface area (Å²) in [6, 6.07) is 5.36. The highest BCUT2D eigenvalue weighted by Crippen LogP contribution is 2.27. The van der Waals surface area contributed by atoms with Crippen molar-refractivity contribution in [3.8, 4) is 0 Å². The molecule has 1 aromatic rings. The molecule has 1 rings (SSSR count). The molecule has 0 saturated carbocycles. The van der Waals surface area contributed by atoms with Crippen LogP contribution in [0.1, 0.15) is 32.3 Å². The summed E-state index contributed by atoms with van der Waals surface area (Å²) in [5.41, 5.74) is 1.77. The molecular formula is C15H21BrN2O3. The minimum atomic E-state index is -0.916. The predicted octanol–water partition coefficient (Wildman–Crippen LogP) is 3.76. The largest absolute Gasteiger partial charge is 0.481 e. The van der Waals surface area contributed by atoms with E-state index in [1.807, 2.05) is 32.0 Å². The summed E-state index contributed by atoms with van der Waals surface area (Å²) in [6.07, 6.45) is 0. The molecule has 116 valence electrons. The first-order valence-electron chi connectivity index (χ1n) is 6.76. The van der Waals surface area contributed by atoms with Crippen molar-refractivity contribution >= 4 is 33.6 Å². The number of rotatable bonds is 5. The quantitative estimate of drug-likeness (QED) is 0.843. The molecular weight excluding hydrogens is 336 g/mol. The molecule has 1 aromatic carbocycles. The fourth-order valence-corrected chi connectivity index (χ4v) is 2.29. The van der Waals surface area contributed by atoms with Gasteiger partial charge in [0.15, 0.2) is 0 Å². The number of benzene rings is 1. The molecule has 21 heavy (non-hydrogen) atoms. The molecule has 2 amide bonds. The van der Waals surface area contributed by atoms with Crippen LogP contribution in [-0.4, -0.2) is 35.6 Å². The van der Waals surface area contributed by atoms with Crippen LogP contribution in [0, 0.1) is 5.92 Å². The van der Waals surface area contributed by atoms with Crippen LogP contribution in [-0.2, 0) is 4.79 Å². The average molecular weight is 357 g/mol. The molecule has 0 bridgehead atoms. The number of hydrogen-bond donors (Lipinski definition) is 2. The first-order chi connectivity index (χ1) is 9.72. The third-order valence-electron chi connectivity index (χ3n) is 3.19. The summed E-state index contributed by atoms with van der Waals surface area (Å²) >= 11 is 3.42. The summed E-state index contributed by atoms with van der Waals surface area (Å²) in [5, 5.41) is 11.7. The fourth-order valence-electron chi connectivity index (χ4n) is 1.91. The summed E-state index contributed by atoms with van der Waals surface area (Å²) in [7, 11) is 1.59. The molecule has 0 aliphatic rings. The summed E-state index contributed by atoms with van der Waals surface area (Å²) < 4.78 is 0.956. The molecule has 0 fully saturated rings. The molecule has 0 aromatic heterocycles. The maximum absolute atomic E-state index is 12.1. The van der Waals surface area contributed by atoms with Crippen molar-refractivity contribution in [1.82, 2.24) is 4.90 Å². The van der Waals surface area contributed by atoms with E-state index in [-0.39, 0.29) is 18.5 Å². The summed E-state index contributed by atoms with van der Waals surface area (Å²) in [6.45, 7) is 5.83. The monoisotopic (exact) mass is 356 g/mol. The zero-order chi connectivity index (χ0) is 16.2. The van der Waals surface area contributed by atoms with Crippen LogP contribution in [0.15, 0.2) is 22.7 Å². The number of carboxylic acids is 1. The normalized spacial score (nSPS) is 12.1. The predicted molar refractivity (Wildman–Crippen MR) is 86.7 cm³/mol. The molecule has 2 N–H and O–H groups in total. The Morgan fingerprint density at radius 3 is 2.48 bits per heavy atom. The van der Waals surface area contributed by atoms with Crippen LogP contribution in [0.5, 0.6) is 0 Å². The van der Waals surface area contributed by atoms with E-state index in [1.165, 1.54) is 4.90 Å². The van der Waals surface area contributed by atoms with Gasteiger partial charge in [-0.3, -0.25) is 4.79 Å². The van der Waals surface area contributed by atoms with Gasteiger partial charge in [0, 0.05) is 23.8 Å². The maximum Gasteiger partial charge on any atom is 0.321 e. The van der Waals surface area contributed by atoms with Gasteiger partial charge >= 0.3 is 12.0 Å². The number of halogens is 1. The highest BCUT2D eigenvalue weighted by molar-refractivity contribution is 9.10. The van der Waals surface area contributed by atoms with E-state index >= 15 is 0 Å². The lowest BCUT2D eigenvalue weighted by Crippen LogP contribution is -2.36. The van der Waals surface area contributed by atoms with E-state index in [0.717, 1.165) is 15.7 Å². The van der Waals surface area contributed by atoms with Crippen LogP contribution < -0.4 is 5.32 Å². The van der Waals surface area contributed by atoms with Crippen LogP contribution in [0.3, 0.4) is 0 Å². The van der Waals surface area contributed by atoms with Gasteiger partial charge in [0.25, 0.3) is 0 Å². The first kappa shape index (κ1) is 17.5. The van der Waals surface area contributed by atoms with E-state index in [9.17, 15) is 9.59 Å². The molecule has 0 spiro atoms. The van der Waals surface area contributed by atoms with Crippen molar-refractivity contribution in [3.63, 3.8) is 0 Å². The molecule has 1 unspecified atom stereocenters. The molecule has 0 radical (unpaired) electrons. The Bertz CT molecular complexity index is 532. The Morgan fingerprint density at radius 2 is 1.95 bits per heavy atom. The molecule has 0 heterocycles. The van der Waals surface area contributed by atoms with Crippen molar-refractivity contribution in [1.29, 1.82) is 0 Å². The Labute approximate surface area is 133 Å². The molecule has 6 heteroatoms. The minimum Gasteiger partial charge on any atom is -0.481 e. The van der Waals surface area contributed by atoms with Gasteiger partial charge in [-0.2, -0.15) is 0 Å². The number of carbonyl (C=O) groups excluding carboxylic acids is 1. The molecule has 0 saturated heterocycles. The SMILES string of the molecule is CC(CN(C)C(=O)Nc1ccc(Br)cc1C(C)C)C(=O)O. The number of nitrogens with zero attached hydrogens (tertiary/aromatic N) is 1. The van der Waals surface area contributed by atoms with Gasteiger partial charge in [-0.15, -0.1) is 0 Å². The fraction of sp³-hybridized carbons (Fsp3) is 0.467. The number of anilines is 1. The maximum atomic E-state index is 12.1. The van der Waals surface area contributed by atoms with E-state index in [1.54, 1.807) is 14.0 Å². The van der Waals surface area contributed by atoms with Crippen molar-refractivity contribution in [3.05, 3.63) is 28.2 Å². The lowest BCUT2D eigenvalue weighted by Gasteiger charge is -2.22. The van der Waals surface area contributed by atoms with E-state index in [4.69, 9.17) is 5.11 Å². The second kappa shape index (κ2) is 7.45.